The number of hydrogen-bond acceptors (Lipinski definition) is 5. The Balaban J connectivity index is 2.20. The number of ether oxygens (including phenoxy) is 2. The SMILES string of the molecule is COc1cccc(Oc2cc(N)ncn2)c1. The van der Waals surface area contributed by atoms with Crippen molar-refractivity contribution in [3.8, 4) is 17.4 Å². The largest absolute Gasteiger partial charge is 0.497 e. The van der Waals surface area contributed by atoms with Gasteiger partial charge in [0.05, 0.1) is 7.11 Å². The van der Waals surface area contributed by atoms with E-state index in [2.05, 4.69) is 9.97 Å². The molecule has 5 heteroatoms. The van der Waals surface area contributed by atoms with Gasteiger partial charge in [0.2, 0.25) is 5.88 Å². The molecule has 2 N–H and O–H groups in total. The molecule has 0 saturated heterocycles. The summed E-state index contributed by atoms with van der Waals surface area (Å²) in [6, 6.07) is 8.79. The summed E-state index contributed by atoms with van der Waals surface area (Å²) in [5.74, 6) is 2.13. The molecule has 2 rings (SSSR count). The molecule has 0 amide bonds. The number of nitrogens with two attached hydrogens (primary N) is 1. The summed E-state index contributed by atoms with van der Waals surface area (Å²) >= 11 is 0. The summed E-state index contributed by atoms with van der Waals surface area (Å²) < 4.78 is 10.6. The van der Waals surface area contributed by atoms with Gasteiger partial charge in [-0.3, -0.25) is 0 Å². The van der Waals surface area contributed by atoms with Crippen LogP contribution in [-0.2, 0) is 0 Å². The number of hydrogen-bond donors (Lipinski definition) is 1. The lowest BCUT2D eigenvalue weighted by Gasteiger charge is -2.06. The Morgan fingerprint density at radius 3 is 2.69 bits per heavy atom. The molecular weight excluding hydrogens is 206 g/mol. The van der Waals surface area contributed by atoms with E-state index in [1.165, 1.54) is 6.33 Å². The van der Waals surface area contributed by atoms with Crippen LogP contribution in [0.15, 0.2) is 36.7 Å². The number of anilines is 1. The van der Waals surface area contributed by atoms with E-state index in [4.69, 9.17) is 15.2 Å². The first-order valence-electron chi connectivity index (χ1n) is 4.67. The number of nitrogens with zero attached hydrogens (tertiary/aromatic N) is 2. The lowest BCUT2D eigenvalue weighted by Crippen LogP contribution is -1.94. The van der Waals surface area contributed by atoms with E-state index in [1.54, 1.807) is 25.3 Å². The maximum Gasteiger partial charge on any atom is 0.224 e. The van der Waals surface area contributed by atoms with Crippen molar-refractivity contribution in [3.05, 3.63) is 36.7 Å². The van der Waals surface area contributed by atoms with Crippen molar-refractivity contribution in [1.29, 1.82) is 0 Å². The van der Waals surface area contributed by atoms with Gasteiger partial charge in [-0.15, -0.1) is 0 Å². The summed E-state index contributed by atoms with van der Waals surface area (Å²) in [6.45, 7) is 0. The fourth-order valence-corrected chi connectivity index (χ4v) is 1.19. The zero-order chi connectivity index (χ0) is 11.4. The van der Waals surface area contributed by atoms with Crippen LogP contribution in [0, 0.1) is 0 Å². The highest BCUT2D eigenvalue weighted by atomic mass is 16.5. The van der Waals surface area contributed by atoms with Crippen LogP contribution >= 0.6 is 0 Å². The fraction of sp³-hybridized carbons (Fsp3) is 0.0909. The van der Waals surface area contributed by atoms with E-state index in [0.29, 0.717) is 17.4 Å². The van der Waals surface area contributed by atoms with Gasteiger partial charge in [0.15, 0.2) is 0 Å². The highest BCUT2D eigenvalue weighted by molar-refractivity contribution is 5.37. The molecule has 2 aromatic rings. The van der Waals surface area contributed by atoms with Gasteiger partial charge in [-0.2, -0.15) is 0 Å². The number of benzene rings is 1. The van der Waals surface area contributed by atoms with Gasteiger partial charge in [-0.05, 0) is 12.1 Å². The molecule has 0 saturated carbocycles. The van der Waals surface area contributed by atoms with Crippen LogP contribution < -0.4 is 15.2 Å². The molecule has 1 aromatic heterocycles. The second-order valence-electron chi connectivity index (χ2n) is 3.06. The summed E-state index contributed by atoms with van der Waals surface area (Å²) in [5, 5.41) is 0. The van der Waals surface area contributed by atoms with Gasteiger partial charge in [0.1, 0.15) is 23.6 Å². The molecule has 0 bridgehead atoms. The molecule has 0 aliphatic heterocycles. The summed E-state index contributed by atoms with van der Waals surface area (Å²) in [4.78, 5) is 7.71. The third-order valence-electron chi connectivity index (χ3n) is 1.93. The van der Waals surface area contributed by atoms with Crippen molar-refractivity contribution >= 4 is 5.82 Å². The summed E-state index contributed by atoms with van der Waals surface area (Å²) in [6.07, 6.45) is 1.35. The Morgan fingerprint density at radius 2 is 1.94 bits per heavy atom. The summed E-state index contributed by atoms with van der Waals surface area (Å²) in [5.41, 5.74) is 5.51. The predicted octanol–water partition coefficient (Wildman–Crippen LogP) is 1.86. The van der Waals surface area contributed by atoms with E-state index in [1.807, 2.05) is 12.1 Å². The van der Waals surface area contributed by atoms with E-state index in [0.717, 1.165) is 5.75 Å². The molecule has 0 atom stereocenters. The Morgan fingerprint density at radius 1 is 1.12 bits per heavy atom. The normalized spacial score (nSPS) is 9.81. The number of rotatable bonds is 3. The van der Waals surface area contributed by atoms with Crippen molar-refractivity contribution in [2.75, 3.05) is 12.8 Å². The molecule has 0 spiro atoms. The van der Waals surface area contributed by atoms with Crippen molar-refractivity contribution in [3.63, 3.8) is 0 Å². The van der Waals surface area contributed by atoms with Crippen LogP contribution in [-0.4, -0.2) is 17.1 Å². The average molecular weight is 217 g/mol. The molecular formula is C11H11N3O2. The minimum Gasteiger partial charge on any atom is -0.497 e. The van der Waals surface area contributed by atoms with Gasteiger partial charge < -0.3 is 15.2 Å². The molecule has 16 heavy (non-hydrogen) atoms. The molecule has 82 valence electrons. The lowest BCUT2D eigenvalue weighted by atomic mass is 10.3. The maximum absolute atomic E-state index is 5.51. The average Bonchev–Trinajstić information content (AvgIpc) is 2.29. The Bertz CT molecular complexity index is 488. The van der Waals surface area contributed by atoms with Crippen LogP contribution in [0.1, 0.15) is 0 Å². The van der Waals surface area contributed by atoms with Crippen LogP contribution in [0.2, 0.25) is 0 Å². The molecule has 0 radical (unpaired) electrons. The zero-order valence-corrected chi connectivity index (χ0v) is 8.75. The Labute approximate surface area is 92.9 Å². The zero-order valence-electron chi connectivity index (χ0n) is 8.75. The highest BCUT2D eigenvalue weighted by Gasteiger charge is 2.00. The van der Waals surface area contributed by atoms with Gasteiger partial charge in [-0.25, -0.2) is 9.97 Å². The second kappa shape index (κ2) is 4.48. The van der Waals surface area contributed by atoms with E-state index < -0.39 is 0 Å². The monoisotopic (exact) mass is 217 g/mol. The third kappa shape index (κ3) is 2.38. The molecule has 0 unspecified atom stereocenters. The van der Waals surface area contributed by atoms with Crippen molar-refractivity contribution < 1.29 is 9.47 Å². The fourth-order valence-electron chi connectivity index (χ4n) is 1.19. The highest BCUT2D eigenvalue weighted by Crippen LogP contribution is 2.23. The summed E-state index contributed by atoms with van der Waals surface area (Å²) in [7, 11) is 1.60. The van der Waals surface area contributed by atoms with Crippen LogP contribution in [0.4, 0.5) is 5.82 Å². The molecule has 1 aromatic carbocycles. The lowest BCUT2D eigenvalue weighted by molar-refractivity contribution is 0.407. The predicted molar refractivity (Wildman–Crippen MR) is 59.5 cm³/mol. The first-order chi connectivity index (χ1) is 7.78. The molecule has 0 aliphatic carbocycles. The molecule has 0 aliphatic rings. The number of methoxy groups -OCH3 is 1. The van der Waals surface area contributed by atoms with Crippen molar-refractivity contribution in [2.24, 2.45) is 0 Å². The van der Waals surface area contributed by atoms with Crippen molar-refractivity contribution in [1.82, 2.24) is 9.97 Å². The van der Waals surface area contributed by atoms with Crippen LogP contribution in [0.25, 0.3) is 0 Å². The minimum atomic E-state index is 0.368. The third-order valence-corrected chi connectivity index (χ3v) is 1.93. The number of nitrogen functional groups attached to an aromatic ring is 1. The standard InChI is InChI=1S/C11H11N3O2/c1-15-8-3-2-4-9(5-8)16-11-6-10(12)13-7-14-11/h2-7H,1H3,(H2,12,13,14). The van der Waals surface area contributed by atoms with Crippen molar-refractivity contribution in [2.45, 2.75) is 0 Å². The van der Waals surface area contributed by atoms with Gasteiger partial charge in [-0.1, -0.05) is 6.07 Å². The molecule has 1 heterocycles. The quantitative estimate of drug-likeness (QED) is 0.849. The second-order valence-corrected chi connectivity index (χ2v) is 3.06. The van der Waals surface area contributed by atoms with Gasteiger partial charge >= 0.3 is 0 Å². The van der Waals surface area contributed by atoms with E-state index in [9.17, 15) is 0 Å². The maximum atomic E-state index is 5.51. The smallest absolute Gasteiger partial charge is 0.224 e. The van der Waals surface area contributed by atoms with Crippen LogP contribution in [0.5, 0.6) is 17.4 Å². The first-order valence-corrected chi connectivity index (χ1v) is 4.67. The first kappa shape index (κ1) is 10.2. The molecule has 5 nitrogen and oxygen atoms in total. The Kier molecular flexibility index (Phi) is 2.86. The van der Waals surface area contributed by atoms with Crippen LogP contribution in [0.3, 0.4) is 0 Å². The topological polar surface area (TPSA) is 70.3 Å². The van der Waals surface area contributed by atoms with E-state index >= 15 is 0 Å². The minimum absolute atomic E-state index is 0.368. The van der Waals surface area contributed by atoms with E-state index in [-0.39, 0.29) is 0 Å². The number of aromatic nitrogens is 2. The van der Waals surface area contributed by atoms with Gasteiger partial charge in [0, 0.05) is 12.1 Å². The Hall–Kier alpha value is -2.30. The molecule has 0 fully saturated rings. The van der Waals surface area contributed by atoms with Gasteiger partial charge in [0.25, 0.3) is 0 Å².